The molecule has 0 radical (unpaired) electrons. The summed E-state index contributed by atoms with van der Waals surface area (Å²) in [6, 6.07) is 7.28. The minimum absolute atomic E-state index is 0.127. The van der Waals surface area contributed by atoms with E-state index < -0.39 is 21.8 Å². The second kappa shape index (κ2) is 8.01. The summed E-state index contributed by atoms with van der Waals surface area (Å²) in [5.74, 6) is -0.841. The maximum absolute atomic E-state index is 12.7. The van der Waals surface area contributed by atoms with Crippen LogP contribution < -0.4 is 10.6 Å². The summed E-state index contributed by atoms with van der Waals surface area (Å²) in [5.41, 5.74) is 1.15. The number of sulfone groups is 1. The van der Waals surface area contributed by atoms with Gasteiger partial charge in [0.05, 0.1) is 9.77 Å². The van der Waals surface area contributed by atoms with E-state index in [1.165, 1.54) is 23.5 Å². The minimum atomic E-state index is -3.38. The van der Waals surface area contributed by atoms with Crippen molar-refractivity contribution in [2.45, 2.75) is 31.7 Å². The zero-order valence-corrected chi connectivity index (χ0v) is 16.7. The van der Waals surface area contributed by atoms with Crippen molar-refractivity contribution < 1.29 is 18.0 Å². The molecule has 2 N–H and O–H groups in total. The predicted octanol–water partition coefficient (Wildman–Crippen LogP) is 2.85. The summed E-state index contributed by atoms with van der Waals surface area (Å²) in [7, 11) is -3.38. The smallest absolute Gasteiger partial charge is 0.262 e. The molecule has 6 nitrogen and oxygen atoms in total. The van der Waals surface area contributed by atoms with Gasteiger partial charge in [0.1, 0.15) is 6.04 Å². The first-order valence-electron chi connectivity index (χ1n) is 8.05. The molecule has 0 saturated heterocycles. The van der Waals surface area contributed by atoms with Crippen LogP contribution in [0.3, 0.4) is 0 Å². The van der Waals surface area contributed by atoms with Gasteiger partial charge in [0, 0.05) is 11.9 Å². The molecule has 2 amide bonds. The second-order valence-electron chi connectivity index (χ2n) is 6.41. The van der Waals surface area contributed by atoms with E-state index in [1.807, 2.05) is 13.8 Å². The maximum Gasteiger partial charge on any atom is 0.262 e. The van der Waals surface area contributed by atoms with Gasteiger partial charge in [0.15, 0.2) is 9.84 Å². The van der Waals surface area contributed by atoms with Crippen LogP contribution in [-0.2, 0) is 14.6 Å². The molecule has 0 saturated carbocycles. The van der Waals surface area contributed by atoms with Crippen LogP contribution in [0.1, 0.15) is 29.1 Å². The lowest BCUT2D eigenvalue weighted by Gasteiger charge is -2.22. The first-order chi connectivity index (χ1) is 12.1. The van der Waals surface area contributed by atoms with Gasteiger partial charge in [0.25, 0.3) is 5.91 Å². The largest absolute Gasteiger partial charge is 0.339 e. The van der Waals surface area contributed by atoms with Gasteiger partial charge in [-0.3, -0.25) is 9.59 Å². The summed E-state index contributed by atoms with van der Waals surface area (Å²) in [6.45, 7) is 5.44. The SMILES string of the molecule is Cc1ccc(S(C)(=O)=O)cc1NC(=O)[C@@H](NC(=O)c1cccs1)C(C)C. The second-order valence-corrected chi connectivity index (χ2v) is 9.37. The number of carbonyl (C=O) groups is 2. The van der Waals surface area contributed by atoms with Crippen LogP contribution in [0.5, 0.6) is 0 Å². The number of carbonyl (C=O) groups excluding carboxylic acids is 2. The van der Waals surface area contributed by atoms with E-state index in [-0.39, 0.29) is 16.7 Å². The highest BCUT2D eigenvalue weighted by atomic mass is 32.2. The van der Waals surface area contributed by atoms with E-state index in [0.717, 1.165) is 11.8 Å². The van der Waals surface area contributed by atoms with Gasteiger partial charge < -0.3 is 10.6 Å². The number of amides is 2. The number of rotatable bonds is 6. The zero-order chi connectivity index (χ0) is 19.5. The molecule has 1 atom stereocenters. The highest BCUT2D eigenvalue weighted by Gasteiger charge is 2.25. The van der Waals surface area contributed by atoms with E-state index in [9.17, 15) is 18.0 Å². The molecule has 0 aliphatic carbocycles. The van der Waals surface area contributed by atoms with Crippen molar-refractivity contribution in [3.8, 4) is 0 Å². The molecule has 1 heterocycles. The molecule has 0 aliphatic rings. The molecule has 2 rings (SSSR count). The highest BCUT2D eigenvalue weighted by Crippen LogP contribution is 2.21. The molecule has 8 heteroatoms. The van der Waals surface area contributed by atoms with Crippen LogP contribution in [0.15, 0.2) is 40.6 Å². The summed E-state index contributed by atoms with van der Waals surface area (Å²) in [5, 5.41) is 7.28. The molecular formula is C18H22N2O4S2. The van der Waals surface area contributed by atoms with Crippen molar-refractivity contribution in [2.24, 2.45) is 5.92 Å². The van der Waals surface area contributed by atoms with Gasteiger partial charge in [-0.05, 0) is 42.0 Å². The van der Waals surface area contributed by atoms with Crippen molar-refractivity contribution in [1.29, 1.82) is 0 Å². The van der Waals surface area contributed by atoms with Crippen LogP contribution in [0.2, 0.25) is 0 Å². The first-order valence-corrected chi connectivity index (χ1v) is 10.8. The van der Waals surface area contributed by atoms with Crippen molar-refractivity contribution in [2.75, 3.05) is 11.6 Å². The lowest BCUT2D eigenvalue weighted by Crippen LogP contribution is -2.47. The summed E-state index contributed by atoms with van der Waals surface area (Å²) in [6.07, 6.45) is 1.11. The standard InChI is InChI=1S/C18H22N2O4S2/c1-11(2)16(20-17(21)15-6-5-9-25-15)18(22)19-14-10-13(26(4,23)24)8-7-12(14)3/h5-11,16H,1-4H3,(H,19,22)(H,20,21)/t16-/m0/s1. The Labute approximate surface area is 157 Å². The lowest BCUT2D eigenvalue weighted by atomic mass is 10.0. The topological polar surface area (TPSA) is 92.3 Å². The predicted molar refractivity (Wildman–Crippen MR) is 103 cm³/mol. The van der Waals surface area contributed by atoms with Crippen LogP contribution in [0.4, 0.5) is 5.69 Å². The third-order valence-electron chi connectivity index (χ3n) is 3.88. The number of hydrogen-bond donors (Lipinski definition) is 2. The third-order valence-corrected chi connectivity index (χ3v) is 5.85. The van der Waals surface area contributed by atoms with E-state index in [4.69, 9.17) is 0 Å². The molecule has 0 spiro atoms. The fourth-order valence-corrected chi connectivity index (χ4v) is 3.61. The average Bonchev–Trinajstić information content (AvgIpc) is 3.07. The molecule has 1 aromatic carbocycles. The Morgan fingerprint density at radius 3 is 2.38 bits per heavy atom. The zero-order valence-electron chi connectivity index (χ0n) is 15.1. The number of benzene rings is 1. The van der Waals surface area contributed by atoms with Gasteiger partial charge in [-0.1, -0.05) is 26.0 Å². The molecule has 140 valence electrons. The molecule has 0 bridgehead atoms. The highest BCUT2D eigenvalue weighted by molar-refractivity contribution is 7.90. The van der Waals surface area contributed by atoms with Crippen LogP contribution >= 0.6 is 11.3 Å². The normalized spacial score (nSPS) is 12.7. The molecular weight excluding hydrogens is 372 g/mol. The van der Waals surface area contributed by atoms with Crippen molar-refractivity contribution in [3.63, 3.8) is 0 Å². The van der Waals surface area contributed by atoms with E-state index >= 15 is 0 Å². The molecule has 1 aromatic heterocycles. The van der Waals surface area contributed by atoms with Crippen LogP contribution in [0.25, 0.3) is 0 Å². The Morgan fingerprint density at radius 2 is 1.85 bits per heavy atom. The molecule has 0 aliphatic heterocycles. The summed E-state index contributed by atoms with van der Waals surface area (Å²) in [4.78, 5) is 25.6. The molecule has 26 heavy (non-hydrogen) atoms. The Bertz CT molecular complexity index is 903. The number of aryl methyl sites for hydroxylation is 1. The lowest BCUT2D eigenvalue weighted by molar-refractivity contribution is -0.118. The average molecular weight is 395 g/mol. The monoisotopic (exact) mass is 394 g/mol. The maximum atomic E-state index is 12.7. The van der Waals surface area contributed by atoms with Gasteiger partial charge in [0.2, 0.25) is 5.91 Å². The Balaban J connectivity index is 2.21. The van der Waals surface area contributed by atoms with Gasteiger partial charge in [-0.15, -0.1) is 11.3 Å². The first kappa shape index (κ1) is 20.1. The van der Waals surface area contributed by atoms with E-state index in [1.54, 1.807) is 30.5 Å². The number of nitrogens with one attached hydrogen (secondary N) is 2. The number of thiophene rings is 1. The Hall–Kier alpha value is -2.19. The number of hydrogen-bond acceptors (Lipinski definition) is 5. The summed E-state index contributed by atoms with van der Waals surface area (Å²) < 4.78 is 23.5. The quantitative estimate of drug-likeness (QED) is 0.788. The number of anilines is 1. The Morgan fingerprint density at radius 1 is 1.15 bits per heavy atom. The molecule has 2 aromatic rings. The minimum Gasteiger partial charge on any atom is -0.339 e. The third kappa shape index (κ3) is 4.92. The Kier molecular flexibility index (Phi) is 6.20. The fraction of sp³-hybridized carbons (Fsp3) is 0.333. The summed E-state index contributed by atoms with van der Waals surface area (Å²) >= 11 is 1.30. The van der Waals surface area contributed by atoms with Crippen LogP contribution in [0, 0.1) is 12.8 Å². The van der Waals surface area contributed by atoms with Crippen molar-refractivity contribution >= 4 is 38.7 Å². The molecule has 0 fully saturated rings. The van der Waals surface area contributed by atoms with E-state index in [0.29, 0.717) is 10.6 Å². The van der Waals surface area contributed by atoms with Crippen LogP contribution in [-0.4, -0.2) is 32.5 Å². The molecule has 0 unspecified atom stereocenters. The van der Waals surface area contributed by atoms with Crippen molar-refractivity contribution in [1.82, 2.24) is 5.32 Å². The van der Waals surface area contributed by atoms with E-state index in [2.05, 4.69) is 10.6 Å². The fourth-order valence-electron chi connectivity index (χ4n) is 2.33. The van der Waals surface area contributed by atoms with Gasteiger partial charge >= 0.3 is 0 Å². The van der Waals surface area contributed by atoms with Gasteiger partial charge in [-0.2, -0.15) is 0 Å². The van der Waals surface area contributed by atoms with Crippen molar-refractivity contribution in [3.05, 3.63) is 46.2 Å². The van der Waals surface area contributed by atoms with Gasteiger partial charge in [-0.25, -0.2) is 8.42 Å².